The van der Waals surface area contributed by atoms with Gasteiger partial charge in [-0.2, -0.15) is 0 Å². The topological polar surface area (TPSA) is 26.0 Å². The van der Waals surface area contributed by atoms with E-state index in [1.165, 1.54) is 27.2 Å². The summed E-state index contributed by atoms with van der Waals surface area (Å²) in [5.74, 6) is 0.936. The summed E-state index contributed by atoms with van der Waals surface area (Å²) < 4.78 is 0. The molecule has 1 aliphatic carbocycles. The molecule has 0 aromatic heterocycles. The van der Waals surface area contributed by atoms with Gasteiger partial charge in [0.1, 0.15) is 0 Å². The second kappa shape index (κ2) is 6.85. The molecule has 1 aromatic carbocycles. The quantitative estimate of drug-likeness (QED) is 0.794. The number of allylic oxidation sites excluding steroid dienone is 3. The molecule has 0 saturated heterocycles. The van der Waals surface area contributed by atoms with Crippen LogP contribution in [0.4, 0.5) is 0 Å². The summed E-state index contributed by atoms with van der Waals surface area (Å²) in [7, 11) is 0. The molecule has 0 spiro atoms. The van der Waals surface area contributed by atoms with Crippen molar-refractivity contribution >= 4 is 16.7 Å². The van der Waals surface area contributed by atoms with Crippen molar-refractivity contribution in [2.75, 3.05) is 5.75 Å². The van der Waals surface area contributed by atoms with Crippen LogP contribution < -0.4 is 5.73 Å². The molecule has 2 rings (SSSR count). The third-order valence-electron chi connectivity index (χ3n) is 3.79. The molecule has 0 unspecified atom stereocenters. The zero-order chi connectivity index (χ0) is 14.5. The van der Waals surface area contributed by atoms with Crippen LogP contribution in [0, 0.1) is 0 Å². The van der Waals surface area contributed by atoms with Crippen molar-refractivity contribution in [3.05, 3.63) is 64.9 Å². The molecular formula is C18H23NS. The van der Waals surface area contributed by atoms with E-state index in [1.807, 2.05) is 17.8 Å². The number of benzene rings is 1. The molecule has 0 atom stereocenters. The van der Waals surface area contributed by atoms with E-state index in [4.69, 9.17) is 5.73 Å². The van der Waals surface area contributed by atoms with Crippen molar-refractivity contribution in [1.82, 2.24) is 0 Å². The Hall–Kier alpha value is -1.41. The van der Waals surface area contributed by atoms with E-state index < -0.39 is 0 Å². The lowest BCUT2D eigenvalue weighted by atomic mass is 9.93. The van der Waals surface area contributed by atoms with Crippen molar-refractivity contribution in [3.8, 4) is 0 Å². The minimum Gasteiger partial charge on any atom is -0.401 e. The highest BCUT2D eigenvalue weighted by molar-refractivity contribution is 8.08. The summed E-state index contributed by atoms with van der Waals surface area (Å²) in [6.45, 7) is 8.11. The largest absolute Gasteiger partial charge is 0.401 e. The molecule has 1 nitrogen and oxygen atoms in total. The smallest absolute Gasteiger partial charge is 0.0338 e. The lowest BCUT2D eigenvalue weighted by Crippen LogP contribution is -2.10. The van der Waals surface area contributed by atoms with Gasteiger partial charge in [0.05, 0.1) is 0 Å². The highest BCUT2D eigenvalue weighted by Gasteiger charge is 2.18. The van der Waals surface area contributed by atoms with Crippen LogP contribution >= 0.6 is 11.8 Å². The van der Waals surface area contributed by atoms with Gasteiger partial charge in [0.15, 0.2) is 0 Å². The van der Waals surface area contributed by atoms with Gasteiger partial charge in [-0.3, -0.25) is 0 Å². The zero-order valence-corrected chi connectivity index (χ0v) is 13.2. The van der Waals surface area contributed by atoms with Gasteiger partial charge in [0.25, 0.3) is 0 Å². The minimum absolute atomic E-state index is 0.936. The number of hydrogen-bond donors (Lipinski definition) is 1. The van der Waals surface area contributed by atoms with E-state index in [-0.39, 0.29) is 0 Å². The van der Waals surface area contributed by atoms with Crippen LogP contribution in [0.2, 0.25) is 0 Å². The summed E-state index contributed by atoms with van der Waals surface area (Å²) in [6.07, 6.45) is 7.17. The van der Waals surface area contributed by atoms with Crippen molar-refractivity contribution in [2.24, 2.45) is 5.73 Å². The van der Waals surface area contributed by atoms with Gasteiger partial charge >= 0.3 is 0 Å². The first-order valence-corrected chi connectivity index (χ1v) is 8.19. The lowest BCUT2D eigenvalue weighted by molar-refractivity contribution is 0.906. The fraction of sp³-hybridized carbons (Fsp3) is 0.333. The third kappa shape index (κ3) is 3.18. The van der Waals surface area contributed by atoms with E-state index in [1.54, 1.807) is 0 Å². The number of rotatable bonds is 5. The SMILES string of the molecule is C=C/C(=C\C)CSC1=C(N)CCc2cc(CC)ccc21. The van der Waals surface area contributed by atoms with Gasteiger partial charge in [-0.1, -0.05) is 43.9 Å². The molecule has 0 amide bonds. The molecule has 0 saturated carbocycles. The molecule has 20 heavy (non-hydrogen) atoms. The molecule has 0 aliphatic heterocycles. The molecule has 0 bridgehead atoms. The summed E-state index contributed by atoms with van der Waals surface area (Å²) in [5.41, 5.74) is 12.7. The monoisotopic (exact) mass is 285 g/mol. The Morgan fingerprint density at radius 3 is 2.85 bits per heavy atom. The lowest BCUT2D eigenvalue weighted by Gasteiger charge is -2.22. The highest BCUT2D eigenvalue weighted by atomic mass is 32.2. The van der Waals surface area contributed by atoms with E-state index >= 15 is 0 Å². The average molecular weight is 285 g/mol. The Morgan fingerprint density at radius 2 is 2.20 bits per heavy atom. The first-order chi connectivity index (χ1) is 9.69. The summed E-state index contributed by atoms with van der Waals surface area (Å²) in [6, 6.07) is 6.81. The maximum absolute atomic E-state index is 6.25. The molecule has 0 radical (unpaired) electrons. The first-order valence-electron chi connectivity index (χ1n) is 7.20. The van der Waals surface area contributed by atoms with Gasteiger partial charge in [0, 0.05) is 16.4 Å². The summed E-state index contributed by atoms with van der Waals surface area (Å²) in [5, 5.41) is 0. The molecule has 106 valence electrons. The first kappa shape index (κ1) is 15.0. The fourth-order valence-electron chi connectivity index (χ4n) is 2.44. The number of hydrogen-bond acceptors (Lipinski definition) is 2. The molecule has 0 heterocycles. The maximum Gasteiger partial charge on any atom is 0.0338 e. The second-order valence-electron chi connectivity index (χ2n) is 5.06. The van der Waals surface area contributed by atoms with Crippen LogP contribution in [-0.2, 0) is 12.8 Å². The van der Waals surface area contributed by atoms with Gasteiger partial charge in [-0.05, 0) is 48.4 Å². The van der Waals surface area contributed by atoms with Crippen molar-refractivity contribution in [1.29, 1.82) is 0 Å². The number of thioether (sulfide) groups is 1. The van der Waals surface area contributed by atoms with Crippen LogP contribution in [0.3, 0.4) is 0 Å². The Kier molecular flexibility index (Phi) is 5.13. The van der Waals surface area contributed by atoms with E-state index in [0.29, 0.717) is 0 Å². The Morgan fingerprint density at radius 1 is 1.40 bits per heavy atom. The number of fused-ring (bicyclic) bond motifs is 1. The third-order valence-corrected chi connectivity index (χ3v) is 5.04. The molecule has 1 aliphatic rings. The number of nitrogens with two attached hydrogens (primary N) is 1. The summed E-state index contributed by atoms with van der Waals surface area (Å²) >= 11 is 1.83. The van der Waals surface area contributed by atoms with E-state index in [0.717, 1.165) is 30.7 Å². The van der Waals surface area contributed by atoms with Crippen LogP contribution in [0.5, 0.6) is 0 Å². The minimum atomic E-state index is 0.936. The molecule has 1 aromatic rings. The maximum atomic E-state index is 6.25. The van der Waals surface area contributed by atoms with Gasteiger partial charge < -0.3 is 5.73 Å². The van der Waals surface area contributed by atoms with Gasteiger partial charge in [-0.25, -0.2) is 0 Å². The molecular weight excluding hydrogens is 262 g/mol. The Bertz CT molecular complexity index is 567. The highest BCUT2D eigenvalue weighted by Crippen LogP contribution is 2.38. The van der Waals surface area contributed by atoms with Crippen LogP contribution in [0.15, 0.2) is 48.2 Å². The normalized spacial score (nSPS) is 15.2. The van der Waals surface area contributed by atoms with E-state index in [2.05, 4.69) is 44.7 Å². The van der Waals surface area contributed by atoms with Crippen molar-refractivity contribution in [3.63, 3.8) is 0 Å². The second-order valence-corrected chi connectivity index (χ2v) is 6.04. The zero-order valence-electron chi connectivity index (χ0n) is 12.4. The predicted molar refractivity (Wildman–Crippen MR) is 91.7 cm³/mol. The molecule has 2 N–H and O–H groups in total. The number of aryl methyl sites for hydroxylation is 2. The fourth-order valence-corrected chi connectivity index (χ4v) is 3.67. The summed E-state index contributed by atoms with van der Waals surface area (Å²) in [4.78, 5) is 1.26. The predicted octanol–water partition coefficient (Wildman–Crippen LogP) is 4.69. The van der Waals surface area contributed by atoms with Gasteiger partial charge in [-0.15, -0.1) is 11.8 Å². The van der Waals surface area contributed by atoms with Gasteiger partial charge in [0.2, 0.25) is 0 Å². The van der Waals surface area contributed by atoms with Crippen molar-refractivity contribution < 1.29 is 0 Å². The standard InChI is InChI=1S/C18H23NS/c1-4-13(5-2)12-20-18-16-9-7-14(6-3)11-15(16)8-10-17(18)19/h4-5,7,9,11H,1,6,8,10,12,19H2,2-3H3/b13-5+. The van der Waals surface area contributed by atoms with Crippen molar-refractivity contribution in [2.45, 2.75) is 33.1 Å². The molecule has 2 heteroatoms. The van der Waals surface area contributed by atoms with Crippen LogP contribution in [-0.4, -0.2) is 5.75 Å². The van der Waals surface area contributed by atoms with E-state index in [9.17, 15) is 0 Å². The van der Waals surface area contributed by atoms with Crippen LogP contribution in [0.25, 0.3) is 4.91 Å². The Labute approximate surface area is 126 Å². The Balaban J connectivity index is 2.27. The average Bonchev–Trinajstić information content (AvgIpc) is 2.49. The molecule has 0 fully saturated rings. The van der Waals surface area contributed by atoms with Crippen LogP contribution in [0.1, 0.15) is 37.0 Å².